The van der Waals surface area contributed by atoms with Crippen LogP contribution in [0.25, 0.3) is 10.9 Å². The van der Waals surface area contributed by atoms with Crippen LogP contribution in [-0.2, 0) is 0 Å². The van der Waals surface area contributed by atoms with Gasteiger partial charge in [0.2, 0.25) is 0 Å². The second kappa shape index (κ2) is 5.59. The Bertz CT molecular complexity index is 487. The third-order valence-electron chi connectivity index (χ3n) is 3.47. The summed E-state index contributed by atoms with van der Waals surface area (Å²) in [6, 6.07) is 6.12. The molecule has 0 radical (unpaired) electrons. The second-order valence-electron chi connectivity index (χ2n) is 4.80. The summed E-state index contributed by atoms with van der Waals surface area (Å²) in [6.07, 6.45) is 7.30. The fourth-order valence-electron chi connectivity index (χ4n) is 2.40. The van der Waals surface area contributed by atoms with Crippen LogP contribution in [0.5, 0.6) is 0 Å². The quantitative estimate of drug-likeness (QED) is 0.673. The van der Waals surface area contributed by atoms with Crippen LogP contribution >= 0.6 is 11.6 Å². The van der Waals surface area contributed by atoms with Crippen LogP contribution in [0.2, 0.25) is 5.02 Å². The van der Waals surface area contributed by atoms with Crippen molar-refractivity contribution in [3.8, 4) is 0 Å². The summed E-state index contributed by atoms with van der Waals surface area (Å²) in [4.78, 5) is 3.30. The van der Waals surface area contributed by atoms with Crippen molar-refractivity contribution in [3.63, 3.8) is 0 Å². The van der Waals surface area contributed by atoms with E-state index in [0.29, 0.717) is 5.92 Å². The zero-order valence-electron chi connectivity index (χ0n) is 10.6. The molecule has 0 spiro atoms. The number of nitrogens with one attached hydrogen (secondary N) is 1. The van der Waals surface area contributed by atoms with Crippen molar-refractivity contribution >= 4 is 22.5 Å². The minimum atomic E-state index is 0.605. The predicted octanol–water partition coefficient (Wildman–Crippen LogP) is 5.51. The second-order valence-corrected chi connectivity index (χ2v) is 5.21. The van der Waals surface area contributed by atoms with E-state index in [1.807, 2.05) is 12.1 Å². The molecule has 0 amide bonds. The molecule has 0 fully saturated rings. The van der Waals surface area contributed by atoms with Crippen molar-refractivity contribution in [2.75, 3.05) is 0 Å². The predicted molar refractivity (Wildman–Crippen MR) is 75.9 cm³/mol. The molecule has 1 unspecified atom stereocenters. The van der Waals surface area contributed by atoms with Gasteiger partial charge in [-0.1, -0.05) is 56.8 Å². The van der Waals surface area contributed by atoms with Gasteiger partial charge < -0.3 is 4.98 Å². The maximum atomic E-state index is 6.17. The number of halogens is 1. The molecule has 2 heteroatoms. The number of para-hydroxylation sites is 1. The molecule has 2 aromatic rings. The van der Waals surface area contributed by atoms with Crippen LogP contribution in [0.4, 0.5) is 0 Å². The Balaban J connectivity index is 2.21. The Hall–Kier alpha value is -0.950. The molecule has 2 rings (SSSR count). The summed E-state index contributed by atoms with van der Waals surface area (Å²) in [6.45, 7) is 4.55. The lowest BCUT2D eigenvalue weighted by atomic mass is 9.95. The standard InChI is InChI=1S/C15H20ClN/c1-3-4-5-7-11(2)13-10-17-15-12(13)8-6-9-14(15)16/h6,8-11,17H,3-5,7H2,1-2H3. The molecule has 92 valence electrons. The molecule has 0 saturated carbocycles. The van der Waals surface area contributed by atoms with Gasteiger partial charge in [0.1, 0.15) is 0 Å². The summed E-state index contributed by atoms with van der Waals surface area (Å²) >= 11 is 6.17. The van der Waals surface area contributed by atoms with Crippen molar-refractivity contribution in [1.29, 1.82) is 0 Å². The van der Waals surface area contributed by atoms with E-state index >= 15 is 0 Å². The smallest absolute Gasteiger partial charge is 0.0647 e. The summed E-state index contributed by atoms with van der Waals surface area (Å²) in [7, 11) is 0. The molecule has 1 nitrogen and oxygen atoms in total. The SMILES string of the molecule is CCCCCC(C)c1c[nH]c2c(Cl)cccc12. The lowest BCUT2D eigenvalue weighted by Crippen LogP contribution is -1.92. The number of benzene rings is 1. The van der Waals surface area contributed by atoms with Gasteiger partial charge in [0.15, 0.2) is 0 Å². The Labute approximate surface area is 108 Å². The molecule has 0 aliphatic heterocycles. The van der Waals surface area contributed by atoms with Gasteiger partial charge in [-0.05, 0) is 24.0 Å². The molecule has 1 atom stereocenters. The normalized spacial score (nSPS) is 13.1. The van der Waals surface area contributed by atoms with E-state index in [0.717, 1.165) is 10.5 Å². The first-order chi connectivity index (χ1) is 8.24. The average Bonchev–Trinajstić information content (AvgIpc) is 2.74. The van der Waals surface area contributed by atoms with E-state index < -0.39 is 0 Å². The number of H-pyrrole nitrogens is 1. The van der Waals surface area contributed by atoms with Gasteiger partial charge >= 0.3 is 0 Å². The van der Waals surface area contributed by atoms with Gasteiger partial charge in [0, 0.05) is 11.6 Å². The number of unbranched alkanes of at least 4 members (excludes halogenated alkanes) is 2. The van der Waals surface area contributed by atoms with E-state index in [-0.39, 0.29) is 0 Å². The van der Waals surface area contributed by atoms with Gasteiger partial charge in [0.25, 0.3) is 0 Å². The summed E-state index contributed by atoms with van der Waals surface area (Å²) < 4.78 is 0. The van der Waals surface area contributed by atoms with Crippen molar-refractivity contribution in [2.45, 2.75) is 45.4 Å². The summed E-state index contributed by atoms with van der Waals surface area (Å²) in [5.41, 5.74) is 2.48. The molecule has 1 aromatic carbocycles. The van der Waals surface area contributed by atoms with Crippen LogP contribution in [0.3, 0.4) is 0 Å². The first-order valence-corrected chi connectivity index (χ1v) is 6.87. The van der Waals surface area contributed by atoms with Crippen LogP contribution in [0.15, 0.2) is 24.4 Å². The molecule has 17 heavy (non-hydrogen) atoms. The molecule has 0 bridgehead atoms. The van der Waals surface area contributed by atoms with Crippen molar-refractivity contribution in [3.05, 3.63) is 35.0 Å². The van der Waals surface area contributed by atoms with Gasteiger partial charge in [-0.2, -0.15) is 0 Å². The Morgan fingerprint density at radius 2 is 2.12 bits per heavy atom. The lowest BCUT2D eigenvalue weighted by molar-refractivity contribution is 0.600. The Morgan fingerprint density at radius 1 is 1.29 bits per heavy atom. The zero-order valence-corrected chi connectivity index (χ0v) is 11.3. The van der Waals surface area contributed by atoms with Gasteiger partial charge in [-0.15, -0.1) is 0 Å². The highest BCUT2D eigenvalue weighted by atomic mass is 35.5. The third kappa shape index (κ3) is 2.66. The van der Waals surface area contributed by atoms with Crippen molar-refractivity contribution in [1.82, 2.24) is 4.98 Å². The van der Waals surface area contributed by atoms with Crippen LogP contribution < -0.4 is 0 Å². The molecule has 1 aromatic heterocycles. The molecule has 1 N–H and O–H groups in total. The lowest BCUT2D eigenvalue weighted by Gasteiger charge is -2.10. The molecule has 0 aliphatic rings. The van der Waals surface area contributed by atoms with Crippen LogP contribution in [0, 0.1) is 0 Å². The maximum Gasteiger partial charge on any atom is 0.0647 e. The topological polar surface area (TPSA) is 15.8 Å². The number of aromatic nitrogens is 1. The Kier molecular flexibility index (Phi) is 4.11. The molecular weight excluding hydrogens is 230 g/mol. The molecule has 0 saturated heterocycles. The van der Waals surface area contributed by atoms with E-state index in [1.165, 1.54) is 36.6 Å². The largest absolute Gasteiger partial charge is 0.360 e. The fraction of sp³-hybridized carbons (Fsp3) is 0.467. The minimum Gasteiger partial charge on any atom is -0.360 e. The number of fused-ring (bicyclic) bond motifs is 1. The highest BCUT2D eigenvalue weighted by molar-refractivity contribution is 6.35. The van der Waals surface area contributed by atoms with Gasteiger partial charge in [-0.3, -0.25) is 0 Å². The van der Waals surface area contributed by atoms with Crippen LogP contribution in [-0.4, -0.2) is 4.98 Å². The highest BCUT2D eigenvalue weighted by Crippen LogP contribution is 2.31. The molecular formula is C15H20ClN. The highest BCUT2D eigenvalue weighted by Gasteiger charge is 2.12. The molecule has 0 aliphatic carbocycles. The fourth-order valence-corrected chi connectivity index (χ4v) is 2.63. The zero-order chi connectivity index (χ0) is 12.3. The minimum absolute atomic E-state index is 0.605. The summed E-state index contributed by atoms with van der Waals surface area (Å²) in [5.74, 6) is 0.605. The van der Waals surface area contributed by atoms with Crippen LogP contribution in [0.1, 0.15) is 51.0 Å². The Morgan fingerprint density at radius 3 is 2.88 bits per heavy atom. The first kappa shape index (κ1) is 12.5. The monoisotopic (exact) mass is 249 g/mol. The van der Waals surface area contributed by atoms with Gasteiger partial charge in [0.05, 0.1) is 10.5 Å². The number of rotatable bonds is 5. The third-order valence-corrected chi connectivity index (χ3v) is 3.78. The number of aromatic amines is 1. The van der Waals surface area contributed by atoms with E-state index in [4.69, 9.17) is 11.6 Å². The number of hydrogen-bond donors (Lipinski definition) is 1. The van der Waals surface area contributed by atoms with Crippen molar-refractivity contribution < 1.29 is 0 Å². The maximum absolute atomic E-state index is 6.17. The average molecular weight is 250 g/mol. The first-order valence-electron chi connectivity index (χ1n) is 6.49. The van der Waals surface area contributed by atoms with E-state index in [9.17, 15) is 0 Å². The van der Waals surface area contributed by atoms with E-state index in [1.54, 1.807) is 0 Å². The van der Waals surface area contributed by atoms with Crippen molar-refractivity contribution in [2.24, 2.45) is 0 Å². The van der Waals surface area contributed by atoms with E-state index in [2.05, 4.69) is 31.1 Å². The number of hydrogen-bond acceptors (Lipinski definition) is 0. The van der Waals surface area contributed by atoms with Gasteiger partial charge in [-0.25, -0.2) is 0 Å². The molecule has 1 heterocycles. The summed E-state index contributed by atoms with van der Waals surface area (Å²) in [5, 5.41) is 2.09.